The summed E-state index contributed by atoms with van der Waals surface area (Å²) in [4.78, 5) is 30.5. The minimum absolute atomic E-state index is 0.00993. The number of hydrogen-bond acceptors (Lipinski definition) is 5. The zero-order valence-electron chi connectivity index (χ0n) is 20.7. The van der Waals surface area contributed by atoms with Crippen molar-refractivity contribution in [2.24, 2.45) is 5.92 Å². The molecule has 2 fully saturated rings. The molecule has 2 aromatic heterocycles. The highest BCUT2D eigenvalue weighted by molar-refractivity contribution is 5.96. The largest absolute Gasteiger partial charge is 0.418 e. The molecule has 15 heteroatoms. The van der Waals surface area contributed by atoms with Gasteiger partial charge in [0.25, 0.3) is 5.91 Å². The number of alkyl halides is 6. The van der Waals surface area contributed by atoms with Crippen LogP contribution in [-0.2, 0) is 11.0 Å². The van der Waals surface area contributed by atoms with Crippen molar-refractivity contribution in [2.45, 2.75) is 50.0 Å². The van der Waals surface area contributed by atoms with E-state index in [9.17, 15) is 40.3 Å². The van der Waals surface area contributed by atoms with Gasteiger partial charge in [0.05, 0.1) is 29.4 Å². The van der Waals surface area contributed by atoms with Crippen LogP contribution < -0.4 is 11.1 Å². The molecule has 1 saturated heterocycles. The molecule has 1 aromatic carbocycles. The van der Waals surface area contributed by atoms with Crippen molar-refractivity contribution in [1.82, 2.24) is 24.8 Å². The fourth-order valence-electron chi connectivity index (χ4n) is 5.22. The SMILES string of the molecule is Nc1ncnn2c(-c3ccc(F)c(C(=O)N[C@@H]4CN(C(=O)C5CCC(F)(F)CC5)C[C@@H]4F)c3)cc(C(F)(F)F)c12. The molecule has 2 amide bonds. The van der Waals surface area contributed by atoms with E-state index in [0.29, 0.717) is 0 Å². The summed E-state index contributed by atoms with van der Waals surface area (Å²) in [7, 11) is 0. The number of carbonyl (C=O) groups is 2. The molecule has 2 aliphatic rings. The molecule has 214 valence electrons. The Morgan fingerprint density at radius 1 is 1.10 bits per heavy atom. The second-order valence-electron chi connectivity index (χ2n) is 10.0. The standard InChI is InChI=1S/C25H23F7N6O2/c26-16-2-1-13(19-8-15(25(30,31)32)20-21(33)34-11-35-38(19)20)7-14(16)22(39)36-18-10-37(9-17(18)27)23(40)12-3-5-24(28,29)6-4-12/h1-2,7-8,11-12,17-18H,3-6,9-10H2,(H,36,39)(H2,33,34,35)/t17-,18+/m0/s1. The van der Waals surface area contributed by atoms with Gasteiger partial charge in [0.2, 0.25) is 11.8 Å². The van der Waals surface area contributed by atoms with Crippen molar-refractivity contribution in [1.29, 1.82) is 0 Å². The lowest BCUT2D eigenvalue weighted by Gasteiger charge is -2.30. The molecule has 3 heterocycles. The molecule has 0 spiro atoms. The predicted molar refractivity (Wildman–Crippen MR) is 127 cm³/mol. The lowest BCUT2D eigenvalue weighted by atomic mass is 9.86. The van der Waals surface area contributed by atoms with E-state index in [2.05, 4.69) is 15.4 Å². The summed E-state index contributed by atoms with van der Waals surface area (Å²) in [5.74, 6) is -6.50. The van der Waals surface area contributed by atoms with Crippen LogP contribution in [0.5, 0.6) is 0 Å². The number of benzene rings is 1. The lowest BCUT2D eigenvalue weighted by molar-refractivity contribution is -0.139. The van der Waals surface area contributed by atoms with Crippen molar-refractivity contribution in [2.75, 3.05) is 18.8 Å². The first kappa shape index (κ1) is 27.6. The van der Waals surface area contributed by atoms with Gasteiger partial charge >= 0.3 is 6.18 Å². The van der Waals surface area contributed by atoms with Gasteiger partial charge in [-0.1, -0.05) is 0 Å². The third-order valence-electron chi connectivity index (χ3n) is 7.34. The fraction of sp³-hybridized carbons (Fsp3) is 0.440. The summed E-state index contributed by atoms with van der Waals surface area (Å²) in [6.07, 6.45) is -6.52. The van der Waals surface area contributed by atoms with E-state index < -0.39 is 83.2 Å². The van der Waals surface area contributed by atoms with Crippen LogP contribution in [0.4, 0.5) is 36.6 Å². The van der Waals surface area contributed by atoms with Gasteiger partial charge in [0.1, 0.15) is 23.8 Å². The molecule has 0 bridgehead atoms. The molecule has 1 aliphatic carbocycles. The molecule has 2 atom stereocenters. The van der Waals surface area contributed by atoms with Gasteiger partial charge in [-0.3, -0.25) is 9.59 Å². The first-order valence-electron chi connectivity index (χ1n) is 12.4. The van der Waals surface area contributed by atoms with Gasteiger partial charge in [0, 0.05) is 30.9 Å². The molecule has 1 aliphatic heterocycles. The zero-order chi connectivity index (χ0) is 29.0. The minimum Gasteiger partial charge on any atom is -0.382 e. The van der Waals surface area contributed by atoms with E-state index in [0.717, 1.165) is 40.0 Å². The zero-order valence-corrected chi connectivity index (χ0v) is 20.7. The van der Waals surface area contributed by atoms with E-state index in [1.807, 2.05) is 0 Å². The number of likely N-dealkylation sites (tertiary alicyclic amines) is 1. The highest BCUT2D eigenvalue weighted by Crippen LogP contribution is 2.39. The summed E-state index contributed by atoms with van der Waals surface area (Å²) in [5.41, 5.74) is 3.27. The number of nitrogens with zero attached hydrogens (tertiary/aromatic N) is 4. The van der Waals surface area contributed by atoms with Crippen molar-refractivity contribution in [3.63, 3.8) is 0 Å². The topological polar surface area (TPSA) is 106 Å². The minimum atomic E-state index is -4.82. The molecule has 1 saturated carbocycles. The molecule has 0 radical (unpaired) electrons. The first-order valence-corrected chi connectivity index (χ1v) is 12.4. The number of fused-ring (bicyclic) bond motifs is 1. The van der Waals surface area contributed by atoms with E-state index in [1.165, 1.54) is 0 Å². The van der Waals surface area contributed by atoms with Crippen LogP contribution in [0.1, 0.15) is 41.6 Å². The number of hydrogen-bond donors (Lipinski definition) is 2. The number of nitrogens with two attached hydrogens (primary N) is 1. The third-order valence-corrected chi connectivity index (χ3v) is 7.34. The van der Waals surface area contributed by atoms with Crippen LogP contribution in [0.3, 0.4) is 0 Å². The van der Waals surface area contributed by atoms with Crippen molar-refractivity contribution in [3.8, 4) is 11.3 Å². The first-order chi connectivity index (χ1) is 18.7. The Kier molecular flexibility index (Phi) is 6.86. The number of nitrogens with one attached hydrogen (secondary N) is 1. The van der Waals surface area contributed by atoms with E-state index in [4.69, 9.17) is 5.73 Å². The number of amides is 2. The quantitative estimate of drug-likeness (QED) is 0.455. The maximum atomic E-state index is 14.8. The molecule has 3 aromatic rings. The second kappa shape index (κ2) is 9.93. The van der Waals surface area contributed by atoms with Crippen molar-refractivity contribution < 1.29 is 40.3 Å². The molecule has 40 heavy (non-hydrogen) atoms. The average Bonchev–Trinajstić information content (AvgIpc) is 3.46. The lowest BCUT2D eigenvalue weighted by Crippen LogP contribution is -2.43. The van der Waals surface area contributed by atoms with Gasteiger partial charge in [0.15, 0.2) is 5.82 Å². The summed E-state index contributed by atoms with van der Waals surface area (Å²) >= 11 is 0. The summed E-state index contributed by atoms with van der Waals surface area (Å²) in [6, 6.07) is 2.56. The smallest absolute Gasteiger partial charge is 0.382 e. The van der Waals surface area contributed by atoms with E-state index in [-0.39, 0.29) is 37.2 Å². The van der Waals surface area contributed by atoms with E-state index >= 15 is 0 Å². The normalized spacial score (nSPS) is 21.6. The fourth-order valence-corrected chi connectivity index (χ4v) is 5.22. The second-order valence-corrected chi connectivity index (χ2v) is 10.0. The van der Waals surface area contributed by atoms with Gasteiger partial charge in [-0.05, 0) is 37.1 Å². The van der Waals surface area contributed by atoms with Crippen LogP contribution in [0.25, 0.3) is 16.8 Å². The summed E-state index contributed by atoms with van der Waals surface area (Å²) in [6.45, 7) is -0.606. The Morgan fingerprint density at radius 2 is 1.80 bits per heavy atom. The number of halogens is 7. The Hall–Kier alpha value is -3.91. The Balaban J connectivity index is 1.36. The maximum Gasteiger partial charge on any atom is 0.418 e. The Bertz CT molecular complexity index is 1460. The van der Waals surface area contributed by atoms with Gasteiger partial charge in [-0.2, -0.15) is 18.3 Å². The van der Waals surface area contributed by atoms with Gasteiger partial charge < -0.3 is 16.0 Å². The number of carbonyl (C=O) groups excluding carboxylic acids is 2. The van der Waals surface area contributed by atoms with Gasteiger partial charge in [-0.15, -0.1) is 0 Å². The van der Waals surface area contributed by atoms with Crippen LogP contribution in [0, 0.1) is 11.7 Å². The maximum absolute atomic E-state index is 14.8. The monoisotopic (exact) mass is 572 g/mol. The van der Waals surface area contributed by atoms with Gasteiger partial charge in [-0.25, -0.2) is 27.1 Å². The highest BCUT2D eigenvalue weighted by Gasteiger charge is 2.43. The Morgan fingerprint density at radius 3 is 2.48 bits per heavy atom. The summed E-state index contributed by atoms with van der Waals surface area (Å²) < 4.78 is 98.2. The highest BCUT2D eigenvalue weighted by atomic mass is 19.4. The molecule has 5 rings (SSSR count). The third kappa shape index (κ3) is 5.16. The number of nitrogen functional groups attached to an aromatic ring is 1. The molecular weight excluding hydrogens is 549 g/mol. The van der Waals surface area contributed by atoms with Crippen LogP contribution in [-0.4, -0.2) is 62.5 Å². The molecule has 8 nitrogen and oxygen atoms in total. The van der Waals surface area contributed by atoms with Crippen LogP contribution in [0.2, 0.25) is 0 Å². The molecule has 0 unspecified atom stereocenters. The number of rotatable bonds is 4. The van der Waals surface area contributed by atoms with Crippen molar-refractivity contribution >= 4 is 23.1 Å². The van der Waals surface area contributed by atoms with Crippen LogP contribution >= 0.6 is 0 Å². The van der Waals surface area contributed by atoms with E-state index in [1.54, 1.807) is 0 Å². The average molecular weight is 572 g/mol. The predicted octanol–water partition coefficient (Wildman–Crippen LogP) is 4.24. The van der Waals surface area contributed by atoms with Crippen LogP contribution in [0.15, 0.2) is 30.6 Å². The van der Waals surface area contributed by atoms with Crippen molar-refractivity contribution in [3.05, 3.63) is 47.5 Å². The molecular formula is C25H23F7N6O2. The number of anilines is 1. The summed E-state index contributed by atoms with van der Waals surface area (Å²) in [5, 5.41) is 6.16. The molecule has 3 N–H and O–H groups in total. The Labute approximate surface area is 222 Å². The number of aromatic nitrogens is 3.